The highest BCUT2D eigenvalue weighted by Crippen LogP contribution is 2.27. The van der Waals surface area contributed by atoms with Crippen molar-refractivity contribution < 1.29 is 28.5 Å². The Kier molecular flexibility index (Phi) is 8.01. The summed E-state index contributed by atoms with van der Waals surface area (Å²) in [5.74, 6) is 0.373. The SMILES string of the molecule is CCOC(COC1CCCC(OCc2nc(-c3cccc(C)c3)oc2C)C1)C(=O)O. The van der Waals surface area contributed by atoms with Crippen LogP contribution in [0.5, 0.6) is 0 Å². The van der Waals surface area contributed by atoms with E-state index in [9.17, 15) is 9.90 Å². The van der Waals surface area contributed by atoms with Crippen LogP contribution in [-0.2, 0) is 25.6 Å². The van der Waals surface area contributed by atoms with Gasteiger partial charge >= 0.3 is 5.97 Å². The lowest BCUT2D eigenvalue weighted by Crippen LogP contribution is -2.34. The predicted molar refractivity (Wildman–Crippen MR) is 111 cm³/mol. The topological polar surface area (TPSA) is 91.0 Å². The van der Waals surface area contributed by atoms with Gasteiger partial charge in [0.15, 0.2) is 6.10 Å². The molecule has 3 unspecified atom stereocenters. The van der Waals surface area contributed by atoms with E-state index in [1.165, 1.54) is 0 Å². The van der Waals surface area contributed by atoms with Crippen LogP contribution in [0.15, 0.2) is 28.7 Å². The van der Waals surface area contributed by atoms with Crippen LogP contribution in [0.1, 0.15) is 49.6 Å². The average Bonchev–Trinajstić information content (AvgIpc) is 3.10. The molecule has 3 rings (SSSR count). The first kappa shape index (κ1) is 22.5. The fraction of sp³-hybridized carbons (Fsp3) is 0.565. The van der Waals surface area contributed by atoms with Crippen LogP contribution in [0, 0.1) is 13.8 Å². The molecule has 164 valence electrons. The van der Waals surface area contributed by atoms with Gasteiger partial charge in [-0.2, -0.15) is 0 Å². The lowest BCUT2D eigenvalue weighted by Gasteiger charge is -2.29. The molecule has 7 nitrogen and oxygen atoms in total. The zero-order valence-corrected chi connectivity index (χ0v) is 17.9. The second-order valence-corrected chi connectivity index (χ2v) is 7.73. The van der Waals surface area contributed by atoms with Crippen molar-refractivity contribution in [2.24, 2.45) is 0 Å². The number of rotatable bonds is 10. The maximum atomic E-state index is 11.2. The Balaban J connectivity index is 1.51. The molecule has 1 N–H and O–H groups in total. The third-order valence-electron chi connectivity index (χ3n) is 5.32. The van der Waals surface area contributed by atoms with Gasteiger partial charge in [-0.1, -0.05) is 17.7 Å². The first-order chi connectivity index (χ1) is 14.5. The number of hydrogen-bond acceptors (Lipinski definition) is 6. The summed E-state index contributed by atoms with van der Waals surface area (Å²) in [5.41, 5.74) is 2.92. The summed E-state index contributed by atoms with van der Waals surface area (Å²) < 4.78 is 23.0. The summed E-state index contributed by atoms with van der Waals surface area (Å²) in [7, 11) is 0. The molecule has 0 radical (unpaired) electrons. The molecule has 1 aromatic heterocycles. The Labute approximate surface area is 177 Å². The number of hydrogen-bond donors (Lipinski definition) is 1. The molecule has 1 fully saturated rings. The standard InChI is InChI=1S/C23H31NO6/c1-4-27-21(23(25)26)14-29-19-10-6-9-18(12-19)28-13-20-16(3)30-22(24-20)17-8-5-7-15(2)11-17/h5,7-8,11,18-19,21H,4,6,9-10,12-14H2,1-3H3,(H,25,26). The minimum atomic E-state index is -0.994. The van der Waals surface area contributed by atoms with Crippen LogP contribution in [0.2, 0.25) is 0 Å². The normalized spacial score (nSPS) is 20.2. The predicted octanol–water partition coefficient (Wildman–Crippen LogP) is 4.29. The van der Waals surface area contributed by atoms with Gasteiger partial charge in [0.1, 0.15) is 11.5 Å². The van der Waals surface area contributed by atoms with Crippen LogP contribution in [0.25, 0.3) is 11.5 Å². The van der Waals surface area contributed by atoms with E-state index in [1.54, 1.807) is 6.92 Å². The van der Waals surface area contributed by atoms with Crippen molar-refractivity contribution in [3.8, 4) is 11.5 Å². The highest BCUT2D eigenvalue weighted by molar-refractivity contribution is 5.72. The minimum absolute atomic E-state index is 0.0210. The van der Waals surface area contributed by atoms with Crippen LogP contribution >= 0.6 is 0 Å². The Bertz CT molecular complexity index is 833. The van der Waals surface area contributed by atoms with E-state index < -0.39 is 12.1 Å². The minimum Gasteiger partial charge on any atom is -0.479 e. The van der Waals surface area contributed by atoms with Crippen molar-refractivity contribution >= 4 is 5.97 Å². The first-order valence-corrected chi connectivity index (χ1v) is 10.6. The van der Waals surface area contributed by atoms with Crippen LogP contribution in [0.4, 0.5) is 0 Å². The average molecular weight is 418 g/mol. The molecule has 3 atom stereocenters. The summed E-state index contributed by atoms with van der Waals surface area (Å²) in [4.78, 5) is 15.8. The zero-order chi connectivity index (χ0) is 21.5. The molecule has 0 spiro atoms. The number of carboxylic acids is 1. The zero-order valence-electron chi connectivity index (χ0n) is 17.9. The molecule has 0 aliphatic heterocycles. The van der Waals surface area contributed by atoms with E-state index in [0.29, 0.717) is 19.1 Å². The maximum absolute atomic E-state index is 11.2. The summed E-state index contributed by atoms with van der Waals surface area (Å²) >= 11 is 0. The molecule has 30 heavy (non-hydrogen) atoms. The Hall–Kier alpha value is -2.22. The van der Waals surface area contributed by atoms with Crippen molar-refractivity contribution in [2.75, 3.05) is 13.2 Å². The molecular formula is C23H31NO6. The van der Waals surface area contributed by atoms with E-state index in [-0.39, 0.29) is 18.8 Å². The molecule has 7 heteroatoms. The second kappa shape index (κ2) is 10.7. The van der Waals surface area contributed by atoms with Gasteiger partial charge < -0.3 is 23.7 Å². The first-order valence-electron chi connectivity index (χ1n) is 10.6. The van der Waals surface area contributed by atoms with E-state index >= 15 is 0 Å². The molecule has 0 amide bonds. The summed E-state index contributed by atoms with van der Waals surface area (Å²) in [6.45, 7) is 6.50. The Morgan fingerprint density at radius 1 is 1.27 bits per heavy atom. The number of ether oxygens (including phenoxy) is 3. The quantitative estimate of drug-likeness (QED) is 0.616. The number of benzene rings is 1. The highest BCUT2D eigenvalue weighted by Gasteiger charge is 2.26. The third-order valence-corrected chi connectivity index (χ3v) is 5.32. The number of oxazole rings is 1. The Morgan fingerprint density at radius 2 is 2.03 bits per heavy atom. The van der Waals surface area contributed by atoms with Crippen LogP contribution in [0.3, 0.4) is 0 Å². The number of nitrogens with zero attached hydrogens (tertiary/aromatic N) is 1. The largest absolute Gasteiger partial charge is 0.479 e. The van der Waals surface area contributed by atoms with E-state index in [0.717, 1.165) is 48.3 Å². The van der Waals surface area contributed by atoms with E-state index in [4.69, 9.17) is 18.6 Å². The van der Waals surface area contributed by atoms with Crippen molar-refractivity contribution in [3.05, 3.63) is 41.3 Å². The van der Waals surface area contributed by atoms with Gasteiger partial charge in [0, 0.05) is 12.2 Å². The molecular weight excluding hydrogens is 386 g/mol. The molecule has 1 saturated carbocycles. The number of carbonyl (C=O) groups is 1. The third kappa shape index (κ3) is 6.14. The van der Waals surface area contributed by atoms with Gasteiger partial charge in [0.25, 0.3) is 0 Å². The maximum Gasteiger partial charge on any atom is 0.335 e. The fourth-order valence-electron chi connectivity index (χ4n) is 3.68. The van der Waals surface area contributed by atoms with Crippen molar-refractivity contribution in [1.29, 1.82) is 0 Å². The number of carboxylic acid groups (broad SMARTS) is 1. The molecule has 2 aromatic rings. The second-order valence-electron chi connectivity index (χ2n) is 7.73. The summed E-state index contributed by atoms with van der Waals surface area (Å²) in [6.07, 6.45) is 2.68. The van der Waals surface area contributed by atoms with Gasteiger partial charge in [-0.15, -0.1) is 0 Å². The number of aromatic nitrogens is 1. The van der Waals surface area contributed by atoms with Crippen LogP contribution < -0.4 is 0 Å². The molecule has 1 aliphatic carbocycles. The molecule has 0 bridgehead atoms. The summed E-state index contributed by atoms with van der Waals surface area (Å²) in [6, 6.07) is 8.06. The highest BCUT2D eigenvalue weighted by atomic mass is 16.6. The van der Waals surface area contributed by atoms with Gasteiger partial charge in [-0.05, 0) is 58.6 Å². The van der Waals surface area contributed by atoms with Crippen molar-refractivity contribution in [1.82, 2.24) is 4.98 Å². The van der Waals surface area contributed by atoms with Crippen LogP contribution in [-0.4, -0.2) is 47.6 Å². The van der Waals surface area contributed by atoms with E-state index in [1.807, 2.05) is 38.1 Å². The smallest absolute Gasteiger partial charge is 0.335 e. The van der Waals surface area contributed by atoms with Crippen molar-refractivity contribution in [2.45, 2.75) is 71.4 Å². The fourth-order valence-corrected chi connectivity index (χ4v) is 3.68. The van der Waals surface area contributed by atoms with Gasteiger partial charge in [0.2, 0.25) is 5.89 Å². The van der Waals surface area contributed by atoms with Gasteiger partial charge in [-0.25, -0.2) is 9.78 Å². The van der Waals surface area contributed by atoms with E-state index in [2.05, 4.69) is 4.98 Å². The van der Waals surface area contributed by atoms with Gasteiger partial charge in [-0.3, -0.25) is 0 Å². The van der Waals surface area contributed by atoms with Crippen molar-refractivity contribution in [3.63, 3.8) is 0 Å². The molecule has 1 heterocycles. The monoisotopic (exact) mass is 417 g/mol. The molecule has 1 aromatic carbocycles. The molecule has 1 aliphatic rings. The Morgan fingerprint density at radius 3 is 2.73 bits per heavy atom. The van der Waals surface area contributed by atoms with Gasteiger partial charge in [0.05, 0.1) is 25.4 Å². The number of aryl methyl sites for hydroxylation is 2. The lowest BCUT2D eigenvalue weighted by molar-refractivity contribution is -0.157. The molecule has 0 saturated heterocycles. The lowest BCUT2D eigenvalue weighted by atomic mass is 9.95. The summed E-state index contributed by atoms with van der Waals surface area (Å²) in [5, 5.41) is 9.18. The number of aliphatic carboxylic acids is 1.